The van der Waals surface area contributed by atoms with Crippen LogP contribution in [0.3, 0.4) is 0 Å². The van der Waals surface area contributed by atoms with Crippen LogP contribution >= 0.6 is 0 Å². The highest BCUT2D eigenvalue weighted by Gasteiger charge is 2.16. The quantitative estimate of drug-likeness (QED) is 0.574. The Bertz CT molecular complexity index is 1050. The van der Waals surface area contributed by atoms with Gasteiger partial charge in [-0.15, -0.1) is 0 Å². The van der Waals surface area contributed by atoms with Crippen molar-refractivity contribution < 1.29 is 13.6 Å². The molecule has 4 aromatic rings. The molecule has 0 aliphatic rings. The van der Waals surface area contributed by atoms with E-state index in [9.17, 15) is 9.18 Å². The first-order valence-electron chi connectivity index (χ1n) is 8.37. The molecule has 0 radical (unpaired) electrons. The van der Waals surface area contributed by atoms with E-state index in [0.717, 1.165) is 16.9 Å². The number of fused-ring (bicyclic) bond motifs is 2. The lowest BCUT2D eigenvalue weighted by Crippen LogP contribution is -2.27. The molecule has 1 unspecified atom stereocenters. The van der Waals surface area contributed by atoms with Crippen LogP contribution in [0.25, 0.3) is 22.1 Å². The standard InChI is InChI=1S/C19H17FN4O2/c1-11(19-24-15-10-12(20)6-7-16(15)26-19)21-18(25)9-8-17-22-13-4-2-3-5-14(13)23-17/h2-7,10-11H,8-9H2,1H3,(H,21,25)(H,22,23). The zero-order valence-corrected chi connectivity index (χ0v) is 14.1. The number of oxazole rings is 1. The number of aryl methyl sites for hydroxylation is 1. The van der Waals surface area contributed by atoms with Gasteiger partial charge in [0, 0.05) is 18.9 Å². The Morgan fingerprint density at radius 3 is 2.92 bits per heavy atom. The van der Waals surface area contributed by atoms with Gasteiger partial charge in [-0.2, -0.15) is 0 Å². The summed E-state index contributed by atoms with van der Waals surface area (Å²) in [4.78, 5) is 24.1. The van der Waals surface area contributed by atoms with Gasteiger partial charge in [0.2, 0.25) is 11.8 Å². The monoisotopic (exact) mass is 352 g/mol. The van der Waals surface area contributed by atoms with Gasteiger partial charge in [-0.25, -0.2) is 14.4 Å². The first-order chi connectivity index (χ1) is 12.6. The Kier molecular flexibility index (Phi) is 4.12. The number of aromatic nitrogens is 3. The molecule has 0 aliphatic heterocycles. The van der Waals surface area contributed by atoms with Gasteiger partial charge in [-0.1, -0.05) is 12.1 Å². The molecule has 0 fully saturated rings. The minimum atomic E-state index is -0.409. The molecule has 1 atom stereocenters. The number of nitrogens with one attached hydrogen (secondary N) is 2. The van der Waals surface area contributed by atoms with E-state index in [0.29, 0.717) is 29.8 Å². The van der Waals surface area contributed by atoms with Crippen LogP contribution in [0.1, 0.15) is 31.1 Å². The SMILES string of the molecule is CC(NC(=O)CCc1nc2ccccc2[nH]1)c1nc2cc(F)ccc2o1. The molecular formula is C19H17FN4O2. The average molecular weight is 352 g/mol. The molecule has 0 saturated heterocycles. The molecule has 132 valence electrons. The predicted octanol–water partition coefficient (Wildman–Crippen LogP) is 3.65. The second-order valence-corrected chi connectivity index (χ2v) is 6.15. The predicted molar refractivity (Wildman–Crippen MR) is 94.9 cm³/mol. The molecular weight excluding hydrogens is 335 g/mol. The summed E-state index contributed by atoms with van der Waals surface area (Å²) in [6.45, 7) is 1.78. The summed E-state index contributed by atoms with van der Waals surface area (Å²) in [6, 6.07) is 11.5. The molecule has 0 aliphatic carbocycles. The Morgan fingerprint density at radius 2 is 2.08 bits per heavy atom. The number of halogens is 1. The molecule has 26 heavy (non-hydrogen) atoms. The van der Waals surface area contributed by atoms with Crippen LogP contribution in [0.15, 0.2) is 46.9 Å². The largest absolute Gasteiger partial charge is 0.438 e. The molecule has 4 rings (SSSR count). The maximum atomic E-state index is 13.2. The number of aromatic amines is 1. The second-order valence-electron chi connectivity index (χ2n) is 6.15. The molecule has 2 aromatic carbocycles. The van der Waals surface area contributed by atoms with Crippen LogP contribution in [-0.2, 0) is 11.2 Å². The minimum Gasteiger partial charge on any atom is -0.438 e. The van der Waals surface area contributed by atoms with Crippen molar-refractivity contribution in [2.24, 2.45) is 0 Å². The van der Waals surface area contributed by atoms with Gasteiger partial charge in [0.15, 0.2) is 5.58 Å². The smallest absolute Gasteiger partial charge is 0.221 e. The number of H-pyrrole nitrogens is 1. The van der Waals surface area contributed by atoms with Crippen LogP contribution in [0.4, 0.5) is 4.39 Å². The number of carbonyl (C=O) groups excluding carboxylic acids is 1. The van der Waals surface area contributed by atoms with Crippen molar-refractivity contribution in [2.75, 3.05) is 0 Å². The van der Waals surface area contributed by atoms with E-state index in [1.54, 1.807) is 6.92 Å². The lowest BCUT2D eigenvalue weighted by Gasteiger charge is -2.09. The van der Waals surface area contributed by atoms with Gasteiger partial charge in [-0.3, -0.25) is 4.79 Å². The van der Waals surface area contributed by atoms with Crippen molar-refractivity contribution in [1.82, 2.24) is 20.3 Å². The number of benzene rings is 2. The van der Waals surface area contributed by atoms with Gasteiger partial charge in [0.1, 0.15) is 23.2 Å². The number of para-hydroxylation sites is 2. The average Bonchev–Trinajstić information content (AvgIpc) is 3.23. The van der Waals surface area contributed by atoms with E-state index in [1.165, 1.54) is 18.2 Å². The Hall–Kier alpha value is -3.22. The fourth-order valence-corrected chi connectivity index (χ4v) is 2.83. The van der Waals surface area contributed by atoms with Crippen molar-refractivity contribution in [3.05, 3.63) is 60.0 Å². The molecule has 0 spiro atoms. The van der Waals surface area contributed by atoms with E-state index >= 15 is 0 Å². The van der Waals surface area contributed by atoms with Crippen molar-refractivity contribution >= 4 is 28.0 Å². The topological polar surface area (TPSA) is 83.8 Å². The van der Waals surface area contributed by atoms with Crippen LogP contribution in [-0.4, -0.2) is 20.9 Å². The summed E-state index contributed by atoms with van der Waals surface area (Å²) in [6.07, 6.45) is 0.797. The van der Waals surface area contributed by atoms with E-state index < -0.39 is 6.04 Å². The molecule has 7 heteroatoms. The summed E-state index contributed by atoms with van der Waals surface area (Å²) in [7, 11) is 0. The van der Waals surface area contributed by atoms with E-state index in [4.69, 9.17) is 4.42 Å². The van der Waals surface area contributed by atoms with Crippen molar-refractivity contribution in [2.45, 2.75) is 25.8 Å². The highest BCUT2D eigenvalue weighted by atomic mass is 19.1. The van der Waals surface area contributed by atoms with E-state index in [-0.39, 0.29) is 11.7 Å². The zero-order chi connectivity index (χ0) is 18.1. The summed E-state index contributed by atoms with van der Waals surface area (Å²) < 4.78 is 18.8. The summed E-state index contributed by atoms with van der Waals surface area (Å²) in [5.74, 6) is 0.611. The molecule has 2 aromatic heterocycles. The van der Waals surface area contributed by atoms with Gasteiger partial charge < -0.3 is 14.7 Å². The lowest BCUT2D eigenvalue weighted by atomic mass is 10.2. The van der Waals surface area contributed by atoms with Gasteiger partial charge >= 0.3 is 0 Å². The van der Waals surface area contributed by atoms with Gasteiger partial charge in [0.25, 0.3) is 0 Å². The Labute approximate surface area is 148 Å². The number of amides is 1. The molecule has 0 saturated carbocycles. The van der Waals surface area contributed by atoms with Crippen LogP contribution in [0.5, 0.6) is 0 Å². The highest BCUT2D eigenvalue weighted by Crippen LogP contribution is 2.21. The normalized spacial score (nSPS) is 12.5. The number of hydrogen-bond donors (Lipinski definition) is 2. The third kappa shape index (κ3) is 3.28. The molecule has 2 heterocycles. The van der Waals surface area contributed by atoms with Crippen molar-refractivity contribution in [1.29, 1.82) is 0 Å². The molecule has 6 nitrogen and oxygen atoms in total. The Balaban J connectivity index is 1.38. The minimum absolute atomic E-state index is 0.133. The van der Waals surface area contributed by atoms with Crippen LogP contribution in [0, 0.1) is 5.82 Å². The third-order valence-electron chi connectivity index (χ3n) is 4.14. The first-order valence-corrected chi connectivity index (χ1v) is 8.37. The number of rotatable bonds is 5. The maximum Gasteiger partial charge on any atom is 0.221 e. The van der Waals surface area contributed by atoms with E-state index in [2.05, 4.69) is 20.3 Å². The van der Waals surface area contributed by atoms with Crippen LogP contribution < -0.4 is 5.32 Å². The fourth-order valence-electron chi connectivity index (χ4n) is 2.83. The summed E-state index contributed by atoms with van der Waals surface area (Å²) in [5.41, 5.74) is 2.76. The first kappa shape index (κ1) is 16.3. The van der Waals surface area contributed by atoms with E-state index in [1.807, 2.05) is 24.3 Å². The molecule has 0 bridgehead atoms. The van der Waals surface area contributed by atoms with Gasteiger partial charge in [-0.05, 0) is 31.2 Å². The summed E-state index contributed by atoms with van der Waals surface area (Å²) in [5, 5.41) is 2.85. The number of imidazole rings is 1. The number of hydrogen-bond acceptors (Lipinski definition) is 4. The third-order valence-corrected chi connectivity index (χ3v) is 4.14. The molecule has 1 amide bonds. The maximum absolute atomic E-state index is 13.2. The fraction of sp³-hybridized carbons (Fsp3) is 0.211. The van der Waals surface area contributed by atoms with Crippen molar-refractivity contribution in [3.63, 3.8) is 0 Å². The van der Waals surface area contributed by atoms with Gasteiger partial charge in [0.05, 0.1) is 11.0 Å². The zero-order valence-electron chi connectivity index (χ0n) is 14.1. The Morgan fingerprint density at radius 1 is 1.23 bits per heavy atom. The highest BCUT2D eigenvalue weighted by molar-refractivity contribution is 5.78. The number of nitrogens with zero attached hydrogens (tertiary/aromatic N) is 2. The van der Waals surface area contributed by atoms with Crippen molar-refractivity contribution in [3.8, 4) is 0 Å². The van der Waals surface area contributed by atoms with Crippen LogP contribution in [0.2, 0.25) is 0 Å². The summed E-state index contributed by atoms with van der Waals surface area (Å²) >= 11 is 0. The second kappa shape index (κ2) is 6.59. The lowest BCUT2D eigenvalue weighted by molar-refractivity contribution is -0.121. The number of carbonyl (C=O) groups is 1. The molecule has 2 N–H and O–H groups in total.